The predicted molar refractivity (Wildman–Crippen MR) is 51.3 cm³/mol. The molecule has 3 heteroatoms. The van der Waals surface area contributed by atoms with Gasteiger partial charge in [-0.15, -0.1) is 0 Å². The number of amides is 1. The summed E-state index contributed by atoms with van der Waals surface area (Å²) in [5, 5.41) is 9.04. The number of aliphatic hydroxyl groups excluding tert-OH is 1. The Balaban J connectivity index is 2.18. The normalized spacial score (nSPS) is 25.3. The number of aliphatic hydroxyl groups is 1. The summed E-state index contributed by atoms with van der Waals surface area (Å²) in [6.07, 6.45) is 2.17. The highest BCUT2D eigenvalue weighted by Gasteiger charge is 2.25. The molecule has 13 heavy (non-hydrogen) atoms. The Kier molecular flexibility index (Phi) is 3.72. The smallest absolute Gasteiger partial charge is 0.222 e. The molecule has 2 unspecified atom stereocenters. The van der Waals surface area contributed by atoms with Crippen molar-refractivity contribution >= 4 is 5.91 Å². The van der Waals surface area contributed by atoms with Crippen LogP contribution in [0.2, 0.25) is 0 Å². The molecule has 1 aliphatic heterocycles. The molecular weight excluding hydrogens is 166 g/mol. The van der Waals surface area contributed by atoms with Crippen LogP contribution in [-0.4, -0.2) is 35.1 Å². The van der Waals surface area contributed by atoms with E-state index in [1.54, 1.807) is 6.92 Å². The van der Waals surface area contributed by atoms with Crippen molar-refractivity contribution in [2.75, 3.05) is 13.1 Å². The summed E-state index contributed by atoms with van der Waals surface area (Å²) >= 11 is 0. The second-order valence-electron chi connectivity index (χ2n) is 4.14. The third-order valence-corrected chi connectivity index (χ3v) is 2.46. The Hall–Kier alpha value is -0.570. The molecule has 0 radical (unpaired) electrons. The van der Waals surface area contributed by atoms with Crippen LogP contribution in [0.3, 0.4) is 0 Å². The highest BCUT2D eigenvalue weighted by molar-refractivity contribution is 5.78. The van der Waals surface area contributed by atoms with E-state index < -0.39 is 0 Å². The van der Waals surface area contributed by atoms with Gasteiger partial charge in [0, 0.05) is 19.5 Å². The number of nitrogens with zero attached hydrogens (tertiary/aromatic N) is 1. The summed E-state index contributed by atoms with van der Waals surface area (Å²) in [6.45, 7) is 5.60. The zero-order valence-corrected chi connectivity index (χ0v) is 8.49. The molecular formula is C10H19NO2. The zero-order valence-electron chi connectivity index (χ0n) is 8.49. The number of carbonyl (C=O) groups is 1. The maximum absolute atomic E-state index is 11.3. The molecule has 0 saturated carbocycles. The lowest BCUT2D eigenvalue weighted by atomic mass is 10.2. The standard InChI is InChI=1S/C10H19NO2/c1-8-6-10(13)11(7-8)5-3-4-9(2)12/h8-9,12H,3-7H2,1-2H3. The second kappa shape index (κ2) is 4.61. The van der Waals surface area contributed by atoms with Gasteiger partial charge < -0.3 is 10.0 Å². The van der Waals surface area contributed by atoms with E-state index in [9.17, 15) is 4.79 Å². The van der Waals surface area contributed by atoms with Gasteiger partial charge in [-0.05, 0) is 25.7 Å². The minimum absolute atomic E-state index is 0.241. The van der Waals surface area contributed by atoms with Crippen molar-refractivity contribution in [3.63, 3.8) is 0 Å². The molecule has 1 rings (SSSR count). The zero-order chi connectivity index (χ0) is 9.84. The van der Waals surface area contributed by atoms with Crippen molar-refractivity contribution in [3.8, 4) is 0 Å². The van der Waals surface area contributed by atoms with E-state index >= 15 is 0 Å². The van der Waals surface area contributed by atoms with E-state index in [2.05, 4.69) is 6.92 Å². The van der Waals surface area contributed by atoms with Gasteiger partial charge in [0.05, 0.1) is 6.10 Å². The summed E-state index contributed by atoms with van der Waals surface area (Å²) < 4.78 is 0. The van der Waals surface area contributed by atoms with Gasteiger partial charge in [0.15, 0.2) is 0 Å². The lowest BCUT2D eigenvalue weighted by Crippen LogP contribution is -2.26. The molecule has 0 aromatic rings. The molecule has 1 heterocycles. The number of hydrogen-bond donors (Lipinski definition) is 1. The second-order valence-corrected chi connectivity index (χ2v) is 4.14. The summed E-state index contributed by atoms with van der Waals surface area (Å²) in [5.41, 5.74) is 0. The fourth-order valence-electron chi connectivity index (χ4n) is 1.76. The van der Waals surface area contributed by atoms with E-state index in [4.69, 9.17) is 5.11 Å². The van der Waals surface area contributed by atoms with Crippen LogP contribution in [0, 0.1) is 5.92 Å². The van der Waals surface area contributed by atoms with E-state index in [1.165, 1.54) is 0 Å². The van der Waals surface area contributed by atoms with Crippen LogP contribution in [0.15, 0.2) is 0 Å². The maximum Gasteiger partial charge on any atom is 0.222 e. The number of carbonyl (C=O) groups excluding carboxylic acids is 1. The third kappa shape index (κ3) is 3.35. The third-order valence-electron chi connectivity index (χ3n) is 2.46. The molecule has 3 nitrogen and oxygen atoms in total. The van der Waals surface area contributed by atoms with E-state index in [-0.39, 0.29) is 12.0 Å². The molecule has 1 amide bonds. The van der Waals surface area contributed by atoms with Crippen LogP contribution in [-0.2, 0) is 4.79 Å². The number of likely N-dealkylation sites (tertiary alicyclic amines) is 1. The molecule has 76 valence electrons. The van der Waals surface area contributed by atoms with Crippen LogP contribution < -0.4 is 0 Å². The lowest BCUT2D eigenvalue weighted by Gasteiger charge is -2.16. The molecule has 0 bridgehead atoms. The number of hydrogen-bond acceptors (Lipinski definition) is 2. The van der Waals surface area contributed by atoms with Crippen LogP contribution >= 0.6 is 0 Å². The fourth-order valence-corrected chi connectivity index (χ4v) is 1.76. The van der Waals surface area contributed by atoms with Gasteiger partial charge in [-0.2, -0.15) is 0 Å². The van der Waals surface area contributed by atoms with Crippen LogP contribution in [0.4, 0.5) is 0 Å². The lowest BCUT2D eigenvalue weighted by molar-refractivity contribution is -0.127. The first kappa shape index (κ1) is 10.5. The van der Waals surface area contributed by atoms with Crippen LogP contribution in [0.1, 0.15) is 33.1 Å². The first-order chi connectivity index (χ1) is 6.09. The topological polar surface area (TPSA) is 40.5 Å². The maximum atomic E-state index is 11.3. The molecule has 0 aromatic heterocycles. The van der Waals surface area contributed by atoms with Crippen molar-refractivity contribution < 1.29 is 9.90 Å². The molecule has 1 saturated heterocycles. The fraction of sp³-hybridized carbons (Fsp3) is 0.900. The van der Waals surface area contributed by atoms with E-state index in [0.717, 1.165) is 25.9 Å². The molecule has 1 fully saturated rings. The van der Waals surface area contributed by atoms with Crippen molar-refractivity contribution in [3.05, 3.63) is 0 Å². The van der Waals surface area contributed by atoms with Crippen LogP contribution in [0.5, 0.6) is 0 Å². The van der Waals surface area contributed by atoms with E-state index in [1.807, 2.05) is 4.90 Å². The highest BCUT2D eigenvalue weighted by atomic mass is 16.3. The summed E-state index contributed by atoms with van der Waals surface area (Å²) in [4.78, 5) is 13.2. The first-order valence-corrected chi connectivity index (χ1v) is 5.05. The minimum atomic E-state index is -0.241. The SMILES string of the molecule is CC(O)CCCN1CC(C)CC1=O. The van der Waals surface area contributed by atoms with Gasteiger partial charge in [0.1, 0.15) is 0 Å². The minimum Gasteiger partial charge on any atom is -0.393 e. The van der Waals surface area contributed by atoms with Crippen molar-refractivity contribution in [2.45, 2.75) is 39.2 Å². The summed E-state index contributed by atoms with van der Waals surface area (Å²) in [6, 6.07) is 0. The molecule has 0 aromatic carbocycles. The molecule has 0 aliphatic carbocycles. The average Bonchev–Trinajstić information content (AvgIpc) is 2.29. The summed E-state index contributed by atoms with van der Waals surface area (Å²) in [7, 11) is 0. The van der Waals surface area contributed by atoms with Crippen molar-refractivity contribution in [1.82, 2.24) is 4.90 Å². The largest absolute Gasteiger partial charge is 0.393 e. The average molecular weight is 185 g/mol. The highest BCUT2D eigenvalue weighted by Crippen LogP contribution is 2.17. The van der Waals surface area contributed by atoms with Gasteiger partial charge >= 0.3 is 0 Å². The van der Waals surface area contributed by atoms with Gasteiger partial charge in [-0.25, -0.2) is 0 Å². The van der Waals surface area contributed by atoms with Gasteiger partial charge in [0.2, 0.25) is 5.91 Å². The van der Waals surface area contributed by atoms with Gasteiger partial charge in [-0.1, -0.05) is 6.92 Å². The summed E-state index contributed by atoms with van der Waals surface area (Å²) in [5.74, 6) is 0.789. The Labute approximate surface area is 79.7 Å². The molecule has 1 N–H and O–H groups in total. The predicted octanol–water partition coefficient (Wildman–Crippen LogP) is 1.02. The van der Waals surface area contributed by atoms with Gasteiger partial charge in [-0.3, -0.25) is 4.79 Å². The van der Waals surface area contributed by atoms with Crippen molar-refractivity contribution in [2.24, 2.45) is 5.92 Å². The monoisotopic (exact) mass is 185 g/mol. The molecule has 0 spiro atoms. The molecule has 2 atom stereocenters. The molecule has 1 aliphatic rings. The Morgan fingerprint density at radius 1 is 1.69 bits per heavy atom. The van der Waals surface area contributed by atoms with Crippen LogP contribution in [0.25, 0.3) is 0 Å². The first-order valence-electron chi connectivity index (χ1n) is 5.05. The van der Waals surface area contributed by atoms with Gasteiger partial charge in [0.25, 0.3) is 0 Å². The van der Waals surface area contributed by atoms with E-state index in [0.29, 0.717) is 12.3 Å². The Morgan fingerprint density at radius 2 is 2.38 bits per heavy atom. The Morgan fingerprint density at radius 3 is 2.85 bits per heavy atom. The number of rotatable bonds is 4. The Bertz CT molecular complexity index is 180. The van der Waals surface area contributed by atoms with Crippen molar-refractivity contribution in [1.29, 1.82) is 0 Å². The quantitative estimate of drug-likeness (QED) is 0.710.